The summed E-state index contributed by atoms with van der Waals surface area (Å²) in [5.74, 6) is 0.142. The lowest BCUT2D eigenvalue weighted by atomic mass is 10.2. The van der Waals surface area contributed by atoms with E-state index in [1.807, 2.05) is 17.8 Å². The Morgan fingerprint density at radius 2 is 2.00 bits per heavy atom. The second kappa shape index (κ2) is 6.30. The lowest BCUT2D eigenvalue weighted by Gasteiger charge is -2.04. The highest BCUT2D eigenvalue weighted by Gasteiger charge is 2.04. The average Bonchev–Trinajstić information content (AvgIpc) is 3.02. The Bertz CT molecular complexity index is 753. The minimum Gasteiger partial charge on any atom is -0.349 e. The molecule has 0 atom stereocenters. The van der Waals surface area contributed by atoms with Crippen LogP contribution in [0.25, 0.3) is 11.3 Å². The molecule has 0 aliphatic heterocycles. The van der Waals surface area contributed by atoms with Crippen LogP contribution < -0.4 is 5.32 Å². The molecule has 0 saturated carbocycles. The van der Waals surface area contributed by atoms with Gasteiger partial charge in [0.2, 0.25) is 5.95 Å². The van der Waals surface area contributed by atoms with Crippen molar-refractivity contribution in [2.45, 2.75) is 20.0 Å². The van der Waals surface area contributed by atoms with Crippen molar-refractivity contribution in [2.75, 3.05) is 5.32 Å². The van der Waals surface area contributed by atoms with E-state index in [9.17, 15) is 4.39 Å². The molecule has 22 heavy (non-hydrogen) atoms. The van der Waals surface area contributed by atoms with Crippen molar-refractivity contribution in [3.05, 3.63) is 54.2 Å². The van der Waals surface area contributed by atoms with Crippen molar-refractivity contribution < 1.29 is 4.39 Å². The molecule has 0 fully saturated rings. The first-order valence-electron chi connectivity index (χ1n) is 6.95. The van der Waals surface area contributed by atoms with Gasteiger partial charge in [0, 0.05) is 30.4 Å². The highest BCUT2D eigenvalue weighted by Crippen LogP contribution is 2.17. The molecule has 7 heteroatoms. The molecular formula is C15H15FN6. The van der Waals surface area contributed by atoms with Gasteiger partial charge in [-0.3, -0.25) is 4.68 Å². The first-order valence-corrected chi connectivity index (χ1v) is 6.95. The number of benzene rings is 1. The van der Waals surface area contributed by atoms with Crippen molar-refractivity contribution in [2.24, 2.45) is 0 Å². The molecule has 2 aromatic heterocycles. The minimum absolute atomic E-state index is 0.281. The molecule has 0 amide bonds. The van der Waals surface area contributed by atoms with Gasteiger partial charge in [-0.25, -0.2) is 9.37 Å². The zero-order valence-electron chi connectivity index (χ0n) is 12.1. The summed E-state index contributed by atoms with van der Waals surface area (Å²) in [6, 6.07) is 6.11. The molecule has 0 radical (unpaired) electrons. The van der Waals surface area contributed by atoms with Crippen molar-refractivity contribution in [1.82, 2.24) is 25.0 Å². The first-order chi connectivity index (χ1) is 10.7. The molecule has 112 valence electrons. The molecule has 0 spiro atoms. The monoisotopic (exact) mass is 298 g/mol. The van der Waals surface area contributed by atoms with Crippen LogP contribution in [0.3, 0.4) is 0 Å². The highest BCUT2D eigenvalue weighted by molar-refractivity contribution is 5.58. The van der Waals surface area contributed by atoms with Gasteiger partial charge in [-0.1, -0.05) is 0 Å². The largest absolute Gasteiger partial charge is 0.349 e. The third-order valence-corrected chi connectivity index (χ3v) is 3.16. The van der Waals surface area contributed by atoms with Gasteiger partial charge in [-0.2, -0.15) is 10.2 Å². The van der Waals surface area contributed by atoms with Crippen LogP contribution in [0.5, 0.6) is 0 Å². The van der Waals surface area contributed by atoms with E-state index in [4.69, 9.17) is 0 Å². The van der Waals surface area contributed by atoms with Gasteiger partial charge >= 0.3 is 0 Å². The van der Waals surface area contributed by atoms with Crippen molar-refractivity contribution in [3.8, 4) is 11.3 Å². The van der Waals surface area contributed by atoms with Crippen molar-refractivity contribution in [1.29, 1.82) is 0 Å². The fraction of sp³-hybridized carbons (Fsp3) is 0.200. The molecule has 1 N–H and O–H groups in total. The number of hydrogen-bond donors (Lipinski definition) is 1. The number of nitrogens with zero attached hydrogens (tertiary/aromatic N) is 5. The topological polar surface area (TPSA) is 68.5 Å². The summed E-state index contributed by atoms with van der Waals surface area (Å²) in [6.07, 6.45) is 5.31. The summed E-state index contributed by atoms with van der Waals surface area (Å²) in [4.78, 5) is 4.38. The fourth-order valence-electron chi connectivity index (χ4n) is 1.99. The SMILES string of the molecule is CCn1cc(CNc2nncc(-c3ccc(F)cc3)n2)cn1. The van der Waals surface area contributed by atoms with E-state index in [1.54, 1.807) is 24.5 Å². The van der Waals surface area contributed by atoms with E-state index < -0.39 is 0 Å². The Morgan fingerprint density at radius 1 is 1.18 bits per heavy atom. The normalized spacial score (nSPS) is 10.6. The van der Waals surface area contributed by atoms with Crippen LogP contribution in [0.1, 0.15) is 12.5 Å². The van der Waals surface area contributed by atoms with Crippen LogP contribution >= 0.6 is 0 Å². The summed E-state index contributed by atoms with van der Waals surface area (Å²) < 4.78 is 14.8. The number of anilines is 1. The third-order valence-electron chi connectivity index (χ3n) is 3.16. The quantitative estimate of drug-likeness (QED) is 0.784. The summed E-state index contributed by atoms with van der Waals surface area (Å²) in [6.45, 7) is 3.43. The number of aromatic nitrogens is 5. The fourth-order valence-corrected chi connectivity index (χ4v) is 1.99. The van der Waals surface area contributed by atoms with E-state index in [-0.39, 0.29) is 5.82 Å². The molecular weight excluding hydrogens is 283 g/mol. The van der Waals surface area contributed by atoms with Crippen molar-refractivity contribution >= 4 is 5.95 Å². The van der Waals surface area contributed by atoms with E-state index in [0.29, 0.717) is 18.2 Å². The number of rotatable bonds is 5. The first kappa shape index (κ1) is 14.1. The zero-order valence-corrected chi connectivity index (χ0v) is 12.1. The van der Waals surface area contributed by atoms with Crippen LogP contribution in [0, 0.1) is 5.82 Å². The number of halogens is 1. The lowest BCUT2D eigenvalue weighted by molar-refractivity contribution is 0.628. The summed E-state index contributed by atoms with van der Waals surface area (Å²) >= 11 is 0. The van der Waals surface area contributed by atoms with Gasteiger partial charge in [0.25, 0.3) is 0 Å². The molecule has 0 saturated heterocycles. The summed E-state index contributed by atoms with van der Waals surface area (Å²) in [5.41, 5.74) is 2.47. The van der Waals surface area contributed by atoms with E-state index in [2.05, 4.69) is 25.6 Å². The standard InChI is InChI=1S/C15H15FN6/c1-2-22-10-11(8-19-22)7-17-15-20-14(9-18-21-15)12-3-5-13(16)6-4-12/h3-6,8-10H,2,7H2,1H3,(H,17,20,21). The number of nitrogens with one attached hydrogen (secondary N) is 1. The van der Waals surface area contributed by atoms with Crippen LogP contribution in [-0.4, -0.2) is 25.0 Å². The smallest absolute Gasteiger partial charge is 0.243 e. The highest BCUT2D eigenvalue weighted by atomic mass is 19.1. The second-order valence-electron chi connectivity index (χ2n) is 4.73. The Labute approximate surface area is 127 Å². The Balaban J connectivity index is 1.72. The van der Waals surface area contributed by atoms with E-state index in [0.717, 1.165) is 17.7 Å². The number of aryl methyl sites for hydroxylation is 1. The van der Waals surface area contributed by atoms with Crippen LogP contribution in [0.2, 0.25) is 0 Å². The summed E-state index contributed by atoms with van der Waals surface area (Å²) in [5, 5.41) is 15.2. The second-order valence-corrected chi connectivity index (χ2v) is 4.73. The molecule has 2 heterocycles. The molecule has 0 aliphatic carbocycles. The van der Waals surface area contributed by atoms with E-state index in [1.165, 1.54) is 12.1 Å². The van der Waals surface area contributed by atoms with Gasteiger partial charge in [0.1, 0.15) is 5.82 Å². The number of hydrogen-bond acceptors (Lipinski definition) is 5. The van der Waals surface area contributed by atoms with Gasteiger partial charge < -0.3 is 5.32 Å². The maximum absolute atomic E-state index is 13.0. The molecule has 0 unspecified atom stereocenters. The maximum Gasteiger partial charge on any atom is 0.243 e. The predicted molar refractivity (Wildman–Crippen MR) is 80.4 cm³/mol. The van der Waals surface area contributed by atoms with Crippen LogP contribution in [-0.2, 0) is 13.1 Å². The third kappa shape index (κ3) is 3.25. The Hall–Kier alpha value is -2.83. The minimum atomic E-state index is -0.281. The lowest BCUT2D eigenvalue weighted by Crippen LogP contribution is -2.05. The average molecular weight is 298 g/mol. The molecule has 0 bridgehead atoms. The van der Waals surface area contributed by atoms with Gasteiger partial charge in [0.15, 0.2) is 0 Å². The molecule has 1 aromatic carbocycles. The van der Waals surface area contributed by atoms with Gasteiger partial charge in [-0.15, -0.1) is 5.10 Å². The van der Waals surface area contributed by atoms with Crippen LogP contribution in [0.15, 0.2) is 42.9 Å². The van der Waals surface area contributed by atoms with Gasteiger partial charge in [-0.05, 0) is 31.2 Å². The molecule has 6 nitrogen and oxygen atoms in total. The Morgan fingerprint density at radius 3 is 2.73 bits per heavy atom. The molecule has 3 aromatic rings. The molecule has 3 rings (SSSR count). The van der Waals surface area contributed by atoms with Crippen LogP contribution in [0.4, 0.5) is 10.3 Å². The van der Waals surface area contributed by atoms with Crippen molar-refractivity contribution in [3.63, 3.8) is 0 Å². The zero-order chi connectivity index (χ0) is 15.4. The maximum atomic E-state index is 13.0. The predicted octanol–water partition coefficient (Wildman–Crippen LogP) is 2.51. The Kier molecular flexibility index (Phi) is 4.04. The molecule has 0 aliphatic rings. The van der Waals surface area contributed by atoms with E-state index >= 15 is 0 Å². The van der Waals surface area contributed by atoms with Gasteiger partial charge in [0.05, 0.1) is 18.1 Å². The summed E-state index contributed by atoms with van der Waals surface area (Å²) in [7, 11) is 0.